The number of hydrogen-bond donors (Lipinski definition) is 1. The van der Waals surface area contributed by atoms with Crippen molar-refractivity contribution in [2.45, 2.75) is 31.9 Å². The van der Waals surface area contributed by atoms with E-state index < -0.39 is 0 Å². The Morgan fingerprint density at radius 1 is 1.42 bits per heavy atom. The number of hydrogen-bond acceptors (Lipinski definition) is 5. The SMILES string of the molecule is CCc1cnc(N[C@@H]2[C@@H](COC)[C@H]3OCC[C@@H]23)nc1. The minimum atomic E-state index is 0.354. The van der Waals surface area contributed by atoms with Crippen LogP contribution in [0.2, 0.25) is 0 Å². The summed E-state index contributed by atoms with van der Waals surface area (Å²) in [5.74, 6) is 1.70. The van der Waals surface area contributed by atoms with E-state index in [-0.39, 0.29) is 0 Å². The summed E-state index contributed by atoms with van der Waals surface area (Å²) in [4.78, 5) is 8.75. The van der Waals surface area contributed by atoms with Crippen molar-refractivity contribution >= 4 is 5.95 Å². The first kappa shape index (κ1) is 12.8. The highest BCUT2D eigenvalue weighted by atomic mass is 16.5. The van der Waals surface area contributed by atoms with E-state index in [0.717, 1.165) is 31.6 Å². The molecule has 4 atom stereocenters. The zero-order valence-electron chi connectivity index (χ0n) is 11.5. The predicted molar refractivity (Wildman–Crippen MR) is 72.0 cm³/mol. The van der Waals surface area contributed by atoms with Crippen LogP contribution in [0.5, 0.6) is 0 Å². The van der Waals surface area contributed by atoms with Crippen molar-refractivity contribution in [3.8, 4) is 0 Å². The normalized spacial score (nSPS) is 32.7. The zero-order valence-corrected chi connectivity index (χ0v) is 11.5. The lowest BCUT2D eigenvalue weighted by atomic mass is 9.67. The van der Waals surface area contributed by atoms with Gasteiger partial charge in [0.25, 0.3) is 0 Å². The standard InChI is InChI=1S/C14H21N3O2/c1-3-9-6-15-14(16-7-9)17-12-10-4-5-19-13(10)11(12)8-18-2/h6-7,10-13H,3-5,8H2,1-2H3,(H,15,16,17)/t10-,11+,12-,13-/m0/s1. The van der Waals surface area contributed by atoms with Gasteiger partial charge in [0.05, 0.1) is 12.7 Å². The lowest BCUT2D eigenvalue weighted by Gasteiger charge is -2.47. The molecule has 1 N–H and O–H groups in total. The van der Waals surface area contributed by atoms with Gasteiger partial charge in [0.15, 0.2) is 0 Å². The Labute approximate surface area is 113 Å². The third-order valence-electron chi connectivity index (χ3n) is 4.30. The number of nitrogens with one attached hydrogen (secondary N) is 1. The molecule has 2 heterocycles. The van der Waals surface area contributed by atoms with Crippen molar-refractivity contribution in [2.75, 3.05) is 25.6 Å². The first-order valence-corrected chi connectivity index (χ1v) is 7.01. The molecule has 0 aromatic carbocycles. The lowest BCUT2D eigenvalue weighted by molar-refractivity contribution is -0.0668. The maximum atomic E-state index is 5.76. The summed E-state index contributed by atoms with van der Waals surface area (Å²) in [5.41, 5.74) is 1.16. The number of anilines is 1. The van der Waals surface area contributed by atoms with Crippen molar-refractivity contribution in [3.63, 3.8) is 0 Å². The fourth-order valence-electron chi connectivity index (χ4n) is 3.20. The highest BCUT2D eigenvalue weighted by Crippen LogP contribution is 2.44. The Morgan fingerprint density at radius 2 is 2.21 bits per heavy atom. The van der Waals surface area contributed by atoms with E-state index in [9.17, 15) is 0 Å². The van der Waals surface area contributed by atoms with Crippen LogP contribution in [-0.4, -0.2) is 42.4 Å². The summed E-state index contributed by atoms with van der Waals surface area (Å²) in [6, 6.07) is 0.375. The van der Waals surface area contributed by atoms with Gasteiger partial charge in [0, 0.05) is 44.0 Å². The van der Waals surface area contributed by atoms with Crippen LogP contribution in [0.15, 0.2) is 12.4 Å². The monoisotopic (exact) mass is 263 g/mol. The van der Waals surface area contributed by atoms with E-state index in [2.05, 4.69) is 22.2 Å². The van der Waals surface area contributed by atoms with Gasteiger partial charge in [-0.05, 0) is 18.4 Å². The second-order valence-electron chi connectivity index (χ2n) is 5.35. The first-order chi connectivity index (χ1) is 9.33. The Kier molecular flexibility index (Phi) is 3.66. The molecule has 3 rings (SSSR count). The topological polar surface area (TPSA) is 56.3 Å². The highest BCUT2D eigenvalue weighted by molar-refractivity contribution is 5.30. The molecule has 1 saturated carbocycles. The molecule has 5 heteroatoms. The molecular formula is C14H21N3O2. The van der Waals surface area contributed by atoms with Crippen LogP contribution in [-0.2, 0) is 15.9 Å². The van der Waals surface area contributed by atoms with Gasteiger partial charge in [-0.15, -0.1) is 0 Å². The average Bonchev–Trinajstić information content (AvgIpc) is 2.87. The molecule has 2 aliphatic rings. The minimum Gasteiger partial charge on any atom is -0.384 e. The van der Waals surface area contributed by atoms with Crippen LogP contribution < -0.4 is 5.32 Å². The molecule has 104 valence electrons. The third-order valence-corrected chi connectivity index (χ3v) is 4.30. The molecule has 2 fully saturated rings. The number of rotatable bonds is 5. The third kappa shape index (κ3) is 2.32. The Morgan fingerprint density at radius 3 is 2.89 bits per heavy atom. The molecule has 5 nitrogen and oxygen atoms in total. The number of fused-ring (bicyclic) bond motifs is 1. The Balaban J connectivity index is 1.67. The molecule has 1 aromatic rings. The molecule has 1 aliphatic heterocycles. The van der Waals surface area contributed by atoms with E-state index in [1.807, 2.05) is 12.4 Å². The summed E-state index contributed by atoms with van der Waals surface area (Å²) in [7, 11) is 1.74. The smallest absolute Gasteiger partial charge is 0.222 e. The molecule has 0 radical (unpaired) electrons. The predicted octanol–water partition coefficient (Wildman–Crippen LogP) is 1.50. The van der Waals surface area contributed by atoms with Gasteiger partial charge in [-0.2, -0.15) is 0 Å². The van der Waals surface area contributed by atoms with Crippen molar-refractivity contribution in [1.82, 2.24) is 9.97 Å². The second kappa shape index (κ2) is 5.43. The number of ether oxygens (including phenoxy) is 2. The minimum absolute atomic E-state index is 0.354. The van der Waals surface area contributed by atoms with Gasteiger partial charge in [0.2, 0.25) is 5.95 Å². The molecule has 1 aromatic heterocycles. The zero-order chi connectivity index (χ0) is 13.2. The van der Waals surface area contributed by atoms with Gasteiger partial charge >= 0.3 is 0 Å². The maximum absolute atomic E-state index is 5.76. The molecular weight excluding hydrogens is 242 g/mol. The summed E-state index contributed by atoms with van der Waals surface area (Å²) < 4.78 is 11.1. The van der Waals surface area contributed by atoms with Gasteiger partial charge < -0.3 is 14.8 Å². The number of methoxy groups -OCH3 is 1. The van der Waals surface area contributed by atoms with E-state index in [4.69, 9.17) is 9.47 Å². The van der Waals surface area contributed by atoms with Gasteiger partial charge in [-0.3, -0.25) is 0 Å². The van der Waals surface area contributed by atoms with Crippen molar-refractivity contribution < 1.29 is 9.47 Å². The van der Waals surface area contributed by atoms with Crippen LogP contribution in [0.4, 0.5) is 5.95 Å². The van der Waals surface area contributed by atoms with Crippen LogP contribution in [0.1, 0.15) is 18.9 Å². The van der Waals surface area contributed by atoms with E-state index >= 15 is 0 Å². The second-order valence-corrected chi connectivity index (χ2v) is 5.35. The van der Waals surface area contributed by atoms with Crippen molar-refractivity contribution in [1.29, 1.82) is 0 Å². The molecule has 1 saturated heterocycles. The molecule has 0 unspecified atom stereocenters. The number of nitrogens with zero attached hydrogens (tertiary/aromatic N) is 2. The summed E-state index contributed by atoms with van der Waals surface area (Å²) >= 11 is 0. The number of aryl methyl sites for hydroxylation is 1. The molecule has 0 bridgehead atoms. The lowest BCUT2D eigenvalue weighted by Crippen LogP contribution is -2.58. The van der Waals surface area contributed by atoms with Gasteiger partial charge in [-0.1, -0.05) is 6.92 Å². The largest absolute Gasteiger partial charge is 0.384 e. The fraction of sp³-hybridized carbons (Fsp3) is 0.714. The van der Waals surface area contributed by atoms with Crippen molar-refractivity contribution in [3.05, 3.63) is 18.0 Å². The molecule has 1 aliphatic carbocycles. The van der Waals surface area contributed by atoms with Gasteiger partial charge in [0.1, 0.15) is 0 Å². The molecule has 0 amide bonds. The average molecular weight is 263 g/mol. The van der Waals surface area contributed by atoms with Crippen molar-refractivity contribution in [2.24, 2.45) is 11.8 Å². The molecule has 19 heavy (non-hydrogen) atoms. The van der Waals surface area contributed by atoms with E-state index in [0.29, 0.717) is 29.9 Å². The fourth-order valence-corrected chi connectivity index (χ4v) is 3.20. The maximum Gasteiger partial charge on any atom is 0.222 e. The van der Waals surface area contributed by atoms with E-state index in [1.165, 1.54) is 0 Å². The van der Waals surface area contributed by atoms with E-state index in [1.54, 1.807) is 7.11 Å². The summed E-state index contributed by atoms with van der Waals surface area (Å²) in [5, 5.41) is 3.45. The highest BCUT2D eigenvalue weighted by Gasteiger charge is 2.53. The Hall–Kier alpha value is -1.20. The summed E-state index contributed by atoms with van der Waals surface area (Å²) in [6.07, 6.45) is 6.22. The molecule has 0 spiro atoms. The van der Waals surface area contributed by atoms with Crippen LogP contribution >= 0.6 is 0 Å². The quantitative estimate of drug-likeness (QED) is 0.872. The van der Waals surface area contributed by atoms with Crippen LogP contribution in [0, 0.1) is 11.8 Å². The van der Waals surface area contributed by atoms with Crippen LogP contribution in [0.3, 0.4) is 0 Å². The van der Waals surface area contributed by atoms with Crippen LogP contribution in [0.25, 0.3) is 0 Å². The Bertz CT molecular complexity index is 423. The van der Waals surface area contributed by atoms with Gasteiger partial charge in [-0.25, -0.2) is 9.97 Å². The number of aromatic nitrogens is 2. The first-order valence-electron chi connectivity index (χ1n) is 7.01. The summed E-state index contributed by atoms with van der Waals surface area (Å²) in [6.45, 7) is 3.70.